The van der Waals surface area contributed by atoms with Crippen LogP contribution in [0.25, 0.3) is 6.08 Å². The van der Waals surface area contributed by atoms with Gasteiger partial charge in [0.1, 0.15) is 5.75 Å². The Balaban J connectivity index is 2.51. The largest absolute Gasteiger partial charge is 0.494 e. The minimum atomic E-state index is -0.704. The molecule has 22 heavy (non-hydrogen) atoms. The van der Waals surface area contributed by atoms with Crippen LogP contribution < -0.4 is 4.74 Å². The summed E-state index contributed by atoms with van der Waals surface area (Å²) in [6.45, 7) is 2.85. The lowest BCUT2D eigenvalue weighted by Gasteiger charge is -2.25. The standard InChI is InChI=1S/C18H29NO3/c1-4-5-6-13-22-16-10-7-15(8-11-16)9-12-18(21)17(14-20)19(2)3/h7-12,17-18,20-21H,4-6,13-14H2,1-3H3/b12-9+/t17-,18+/m1/s1. The summed E-state index contributed by atoms with van der Waals surface area (Å²) < 4.78 is 5.66. The Bertz CT molecular complexity index is 428. The van der Waals surface area contributed by atoms with Crippen LogP contribution in [0.4, 0.5) is 0 Å². The molecule has 0 fully saturated rings. The lowest BCUT2D eigenvalue weighted by molar-refractivity contribution is 0.0678. The number of hydrogen-bond donors (Lipinski definition) is 2. The van der Waals surface area contributed by atoms with Crippen LogP contribution in [0.2, 0.25) is 0 Å². The average molecular weight is 307 g/mol. The lowest BCUT2D eigenvalue weighted by Crippen LogP contribution is -2.40. The molecule has 0 radical (unpaired) electrons. The van der Waals surface area contributed by atoms with Crippen molar-refractivity contribution in [3.8, 4) is 5.75 Å². The maximum absolute atomic E-state index is 10.0. The summed E-state index contributed by atoms with van der Waals surface area (Å²) in [6.07, 6.45) is 6.32. The molecule has 0 unspecified atom stereocenters. The van der Waals surface area contributed by atoms with E-state index in [1.807, 2.05) is 49.3 Å². The van der Waals surface area contributed by atoms with Crippen LogP contribution in [0.1, 0.15) is 31.7 Å². The smallest absolute Gasteiger partial charge is 0.119 e. The van der Waals surface area contributed by atoms with E-state index < -0.39 is 6.10 Å². The van der Waals surface area contributed by atoms with Gasteiger partial charge in [0, 0.05) is 0 Å². The van der Waals surface area contributed by atoms with E-state index in [1.54, 1.807) is 6.08 Å². The molecule has 4 nitrogen and oxygen atoms in total. The molecule has 1 aromatic carbocycles. The van der Waals surface area contributed by atoms with E-state index in [2.05, 4.69) is 6.92 Å². The zero-order valence-corrected chi connectivity index (χ0v) is 13.9. The first-order valence-electron chi connectivity index (χ1n) is 7.95. The van der Waals surface area contributed by atoms with Crippen molar-refractivity contribution >= 4 is 6.08 Å². The normalized spacial score (nSPS) is 14.5. The van der Waals surface area contributed by atoms with Crippen molar-refractivity contribution in [3.05, 3.63) is 35.9 Å². The SMILES string of the molecule is CCCCCOc1ccc(/C=C/[C@H](O)[C@@H](CO)N(C)C)cc1. The molecule has 0 amide bonds. The fourth-order valence-electron chi connectivity index (χ4n) is 2.13. The highest BCUT2D eigenvalue weighted by Crippen LogP contribution is 2.14. The molecular weight excluding hydrogens is 278 g/mol. The lowest BCUT2D eigenvalue weighted by atomic mass is 10.1. The number of nitrogens with zero attached hydrogens (tertiary/aromatic N) is 1. The third-order valence-corrected chi connectivity index (χ3v) is 3.63. The average Bonchev–Trinajstić information content (AvgIpc) is 2.51. The van der Waals surface area contributed by atoms with Crippen LogP contribution in [-0.4, -0.2) is 54.6 Å². The molecule has 0 bridgehead atoms. The molecule has 2 atom stereocenters. The van der Waals surface area contributed by atoms with Crippen molar-refractivity contribution in [2.75, 3.05) is 27.3 Å². The summed E-state index contributed by atoms with van der Waals surface area (Å²) in [5, 5.41) is 19.3. The quantitative estimate of drug-likeness (QED) is 0.652. The highest BCUT2D eigenvalue weighted by atomic mass is 16.5. The van der Waals surface area contributed by atoms with Crippen LogP contribution in [0.3, 0.4) is 0 Å². The molecule has 4 heteroatoms. The predicted octanol–water partition coefficient (Wildman–Crippen LogP) is 2.55. The van der Waals surface area contributed by atoms with Crippen molar-refractivity contribution < 1.29 is 14.9 Å². The number of benzene rings is 1. The van der Waals surface area contributed by atoms with Gasteiger partial charge >= 0.3 is 0 Å². The van der Waals surface area contributed by atoms with Gasteiger partial charge in [-0.2, -0.15) is 0 Å². The Kier molecular flexibility index (Phi) is 8.82. The van der Waals surface area contributed by atoms with Gasteiger partial charge < -0.3 is 19.8 Å². The van der Waals surface area contributed by atoms with Crippen LogP contribution in [0.15, 0.2) is 30.3 Å². The Morgan fingerprint density at radius 1 is 1.18 bits per heavy atom. The number of hydrogen-bond acceptors (Lipinski definition) is 4. The summed E-state index contributed by atoms with van der Waals surface area (Å²) in [4.78, 5) is 1.81. The van der Waals surface area contributed by atoms with Gasteiger partial charge in [-0.1, -0.05) is 44.1 Å². The molecule has 0 aliphatic heterocycles. The second kappa shape index (κ2) is 10.4. The topological polar surface area (TPSA) is 52.9 Å². The minimum absolute atomic E-state index is 0.0803. The maximum atomic E-state index is 10.0. The maximum Gasteiger partial charge on any atom is 0.119 e. The van der Waals surface area contributed by atoms with E-state index >= 15 is 0 Å². The van der Waals surface area contributed by atoms with Gasteiger partial charge in [-0.25, -0.2) is 0 Å². The van der Waals surface area contributed by atoms with E-state index in [0.717, 1.165) is 24.3 Å². The number of rotatable bonds is 10. The van der Waals surface area contributed by atoms with Crippen molar-refractivity contribution in [3.63, 3.8) is 0 Å². The molecule has 1 rings (SSSR count). The highest BCUT2D eigenvalue weighted by Gasteiger charge is 2.17. The first-order chi connectivity index (χ1) is 10.6. The van der Waals surface area contributed by atoms with Crippen molar-refractivity contribution in [2.24, 2.45) is 0 Å². The Hall–Kier alpha value is -1.36. The van der Waals surface area contributed by atoms with Crippen LogP contribution in [0.5, 0.6) is 5.75 Å². The van der Waals surface area contributed by atoms with E-state index in [9.17, 15) is 10.2 Å². The molecule has 0 heterocycles. The summed E-state index contributed by atoms with van der Waals surface area (Å²) in [7, 11) is 3.67. The second-order valence-electron chi connectivity index (χ2n) is 5.69. The molecule has 2 N–H and O–H groups in total. The third kappa shape index (κ3) is 6.60. The molecule has 0 aromatic heterocycles. The van der Waals surface area contributed by atoms with Crippen molar-refractivity contribution in [1.82, 2.24) is 4.90 Å². The van der Waals surface area contributed by atoms with Crippen molar-refractivity contribution in [1.29, 1.82) is 0 Å². The summed E-state index contributed by atoms with van der Waals surface area (Å²) in [6, 6.07) is 7.50. The van der Waals surface area contributed by atoms with Gasteiger partial charge in [0.2, 0.25) is 0 Å². The Morgan fingerprint density at radius 2 is 1.86 bits per heavy atom. The molecule has 0 aliphatic rings. The number of unbranched alkanes of at least 4 members (excludes halogenated alkanes) is 2. The molecule has 0 saturated heterocycles. The van der Waals surface area contributed by atoms with Crippen LogP contribution in [-0.2, 0) is 0 Å². The molecule has 0 saturated carbocycles. The number of ether oxygens (including phenoxy) is 1. The Labute approximate surface area is 134 Å². The highest BCUT2D eigenvalue weighted by molar-refractivity contribution is 5.51. The summed E-state index contributed by atoms with van der Waals surface area (Å²) in [5.41, 5.74) is 0.996. The number of aliphatic hydroxyl groups is 2. The van der Waals surface area contributed by atoms with Crippen molar-refractivity contribution in [2.45, 2.75) is 38.3 Å². The van der Waals surface area contributed by atoms with E-state index in [4.69, 9.17) is 4.74 Å². The summed E-state index contributed by atoms with van der Waals surface area (Å²) in [5.74, 6) is 0.871. The Morgan fingerprint density at radius 3 is 2.41 bits per heavy atom. The van der Waals surface area contributed by atoms with Crippen LogP contribution in [0, 0.1) is 0 Å². The van der Waals surface area contributed by atoms with Gasteiger partial charge in [0.05, 0.1) is 25.4 Å². The predicted molar refractivity (Wildman–Crippen MR) is 91.1 cm³/mol. The first-order valence-corrected chi connectivity index (χ1v) is 7.95. The fourth-order valence-corrected chi connectivity index (χ4v) is 2.13. The molecule has 124 valence electrons. The minimum Gasteiger partial charge on any atom is -0.494 e. The van der Waals surface area contributed by atoms with E-state index in [-0.39, 0.29) is 12.6 Å². The zero-order valence-electron chi connectivity index (χ0n) is 13.9. The molecule has 1 aromatic rings. The molecule has 0 spiro atoms. The van der Waals surface area contributed by atoms with Gasteiger partial charge in [-0.05, 0) is 38.2 Å². The van der Waals surface area contributed by atoms with Crippen LogP contribution >= 0.6 is 0 Å². The zero-order chi connectivity index (χ0) is 16.4. The first kappa shape index (κ1) is 18.7. The fraction of sp³-hybridized carbons (Fsp3) is 0.556. The van der Waals surface area contributed by atoms with Gasteiger partial charge in [0.25, 0.3) is 0 Å². The van der Waals surface area contributed by atoms with E-state index in [0.29, 0.717) is 0 Å². The third-order valence-electron chi connectivity index (χ3n) is 3.63. The number of likely N-dealkylation sites (N-methyl/N-ethyl adjacent to an activating group) is 1. The van der Waals surface area contributed by atoms with E-state index in [1.165, 1.54) is 12.8 Å². The monoisotopic (exact) mass is 307 g/mol. The van der Waals surface area contributed by atoms with Gasteiger partial charge in [-0.15, -0.1) is 0 Å². The van der Waals surface area contributed by atoms with Gasteiger partial charge in [-0.3, -0.25) is 0 Å². The molecule has 0 aliphatic carbocycles. The number of aliphatic hydroxyl groups excluding tert-OH is 2. The van der Waals surface area contributed by atoms with Gasteiger partial charge in [0.15, 0.2) is 0 Å². The molecular formula is C18H29NO3. The summed E-state index contributed by atoms with van der Waals surface area (Å²) >= 11 is 0. The second-order valence-corrected chi connectivity index (χ2v) is 5.69.